The van der Waals surface area contributed by atoms with Crippen molar-refractivity contribution in [1.82, 2.24) is 9.97 Å². The number of ether oxygens (including phenoxy) is 3. The van der Waals surface area contributed by atoms with Crippen molar-refractivity contribution in [3.63, 3.8) is 0 Å². The van der Waals surface area contributed by atoms with Gasteiger partial charge in [0.25, 0.3) is 0 Å². The highest BCUT2D eigenvalue weighted by molar-refractivity contribution is 6.34. The minimum Gasteiger partial charge on any atom is -0.477 e. The van der Waals surface area contributed by atoms with Gasteiger partial charge in [-0.25, -0.2) is 19.6 Å². The predicted octanol–water partition coefficient (Wildman–Crippen LogP) is 4.88. The van der Waals surface area contributed by atoms with E-state index in [2.05, 4.69) is 9.97 Å². The van der Waals surface area contributed by atoms with E-state index in [1.165, 1.54) is 18.2 Å². The van der Waals surface area contributed by atoms with E-state index in [-0.39, 0.29) is 26.9 Å². The van der Waals surface area contributed by atoms with Crippen LogP contribution in [-0.2, 0) is 9.47 Å². The molecule has 0 N–H and O–H groups in total. The third kappa shape index (κ3) is 7.50. The minimum atomic E-state index is -0.489. The maximum Gasteiger partial charge on any atom is 0.343 e. The summed E-state index contributed by atoms with van der Waals surface area (Å²) in [5, 5.41) is 0.593. The lowest BCUT2D eigenvalue weighted by molar-refractivity contribution is 0.0513. The Morgan fingerprint density at radius 3 is 1.79 bits per heavy atom. The second kappa shape index (κ2) is 12.4. The van der Waals surface area contributed by atoms with Gasteiger partial charge in [0.1, 0.15) is 21.0 Å². The third-order valence-corrected chi connectivity index (χ3v) is 3.62. The second-order valence-corrected chi connectivity index (χ2v) is 5.97. The molecule has 2 rings (SSSR count). The number of halogens is 3. The molecule has 0 atom stereocenters. The maximum atomic E-state index is 11.5. The summed E-state index contributed by atoms with van der Waals surface area (Å²) in [6.07, 6.45) is 0. The molecule has 0 saturated carbocycles. The Labute approximate surface area is 177 Å². The van der Waals surface area contributed by atoms with E-state index in [1.54, 1.807) is 26.8 Å². The van der Waals surface area contributed by atoms with Crippen molar-refractivity contribution in [2.24, 2.45) is 0 Å². The predicted molar refractivity (Wildman–Crippen MR) is 107 cm³/mol. The van der Waals surface area contributed by atoms with Crippen molar-refractivity contribution in [1.29, 1.82) is 0 Å². The van der Waals surface area contributed by atoms with E-state index in [4.69, 9.17) is 49.0 Å². The van der Waals surface area contributed by atoms with Crippen LogP contribution < -0.4 is 4.74 Å². The van der Waals surface area contributed by atoms with Gasteiger partial charge in [-0.2, -0.15) is 0 Å². The summed E-state index contributed by atoms with van der Waals surface area (Å²) in [7, 11) is 0. The Hall–Kier alpha value is -2.09. The van der Waals surface area contributed by atoms with Gasteiger partial charge in [0.2, 0.25) is 5.88 Å². The molecule has 2 aromatic heterocycles. The van der Waals surface area contributed by atoms with Crippen LogP contribution in [0.15, 0.2) is 24.3 Å². The summed E-state index contributed by atoms with van der Waals surface area (Å²) in [4.78, 5) is 30.3. The van der Waals surface area contributed by atoms with Crippen LogP contribution in [0.5, 0.6) is 5.88 Å². The molecular formula is C18H19Cl3N2O5. The zero-order valence-corrected chi connectivity index (χ0v) is 17.8. The maximum absolute atomic E-state index is 11.5. The normalized spacial score (nSPS) is 9.79. The van der Waals surface area contributed by atoms with Gasteiger partial charge in [-0.05, 0) is 45.0 Å². The number of carbonyl (C=O) groups excluding carboxylic acids is 2. The number of aromatic nitrogens is 2. The Kier molecular flexibility index (Phi) is 10.6. The molecule has 0 fully saturated rings. The number of carbonyl (C=O) groups is 2. The van der Waals surface area contributed by atoms with Crippen LogP contribution in [0.2, 0.25) is 15.5 Å². The number of pyridine rings is 2. The van der Waals surface area contributed by atoms with E-state index in [1.807, 2.05) is 0 Å². The number of nitrogens with zero attached hydrogens (tertiary/aromatic N) is 2. The number of esters is 2. The Bertz CT molecular complexity index is 818. The van der Waals surface area contributed by atoms with Crippen LogP contribution in [0.1, 0.15) is 41.5 Å². The first kappa shape index (κ1) is 23.9. The molecule has 0 spiro atoms. The monoisotopic (exact) mass is 448 g/mol. The molecule has 0 radical (unpaired) electrons. The van der Waals surface area contributed by atoms with Gasteiger partial charge in [0.05, 0.1) is 25.4 Å². The molecule has 0 bridgehead atoms. The molecule has 10 heteroatoms. The first-order valence-electron chi connectivity index (χ1n) is 8.29. The van der Waals surface area contributed by atoms with E-state index in [0.717, 1.165) is 0 Å². The summed E-state index contributed by atoms with van der Waals surface area (Å²) in [6.45, 7) is 6.29. The molecule has 7 nitrogen and oxygen atoms in total. The fourth-order valence-electron chi connectivity index (χ4n) is 1.80. The van der Waals surface area contributed by atoms with Crippen molar-refractivity contribution in [3.8, 4) is 5.88 Å². The van der Waals surface area contributed by atoms with E-state index in [9.17, 15) is 9.59 Å². The Morgan fingerprint density at radius 2 is 1.29 bits per heavy atom. The first-order chi connectivity index (χ1) is 13.3. The molecule has 0 unspecified atom stereocenters. The highest BCUT2D eigenvalue weighted by atomic mass is 35.5. The lowest BCUT2D eigenvalue weighted by atomic mass is 10.3. The zero-order chi connectivity index (χ0) is 21.1. The highest BCUT2D eigenvalue weighted by Gasteiger charge is 2.15. The molecule has 0 aliphatic rings. The summed E-state index contributed by atoms with van der Waals surface area (Å²) < 4.78 is 14.8. The molecule has 152 valence electrons. The van der Waals surface area contributed by atoms with Gasteiger partial charge < -0.3 is 14.2 Å². The van der Waals surface area contributed by atoms with Crippen molar-refractivity contribution >= 4 is 46.7 Å². The van der Waals surface area contributed by atoms with Gasteiger partial charge >= 0.3 is 11.9 Å². The molecule has 0 aliphatic carbocycles. The second-order valence-electron chi connectivity index (χ2n) is 4.83. The van der Waals surface area contributed by atoms with E-state index >= 15 is 0 Å². The summed E-state index contributed by atoms with van der Waals surface area (Å²) >= 11 is 16.9. The van der Waals surface area contributed by atoms with E-state index < -0.39 is 11.9 Å². The van der Waals surface area contributed by atoms with Gasteiger partial charge in [-0.1, -0.05) is 34.8 Å². The van der Waals surface area contributed by atoms with Crippen LogP contribution in [-0.4, -0.2) is 41.7 Å². The van der Waals surface area contributed by atoms with Gasteiger partial charge in [-0.15, -0.1) is 0 Å². The average molecular weight is 450 g/mol. The summed E-state index contributed by atoms with van der Waals surface area (Å²) in [5.74, 6) is -0.731. The van der Waals surface area contributed by atoms with Crippen LogP contribution in [0, 0.1) is 0 Å². The number of hydrogen-bond donors (Lipinski definition) is 0. The van der Waals surface area contributed by atoms with Crippen molar-refractivity contribution in [2.75, 3.05) is 19.8 Å². The van der Waals surface area contributed by atoms with Gasteiger partial charge in [-0.3, -0.25) is 0 Å². The lowest BCUT2D eigenvalue weighted by Gasteiger charge is -2.08. The van der Waals surface area contributed by atoms with Crippen molar-refractivity contribution < 1.29 is 23.8 Å². The van der Waals surface area contributed by atoms with Gasteiger partial charge in [0, 0.05) is 0 Å². The van der Waals surface area contributed by atoms with Crippen LogP contribution in [0.3, 0.4) is 0 Å². The minimum absolute atomic E-state index is 0.0611. The smallest absolute Gasteiger partial charge is 0.343 e. The number of rotatable bonds is 6. The molecule has 2 aromatic rings. The molecule has 0 amide bonds. The largest absolute Gasteiger partial charge is 0.477 e. The molecule has 0 aliphatic heterocycles. The zero-order valence-electron chi connectivity index (χ0n) is 15.5. The molecule has 28 heavy (non-hydrogen) atoms. The molecule has 0 saturated heterocycles. The Balaban J connectivity index is 0.000000283. The quantitative estimate of drug-likeness (QED) is 0.459. The molecule has 2 heterocycles. The topological polar surface area (TPSA) is 87.6 Å². The summed E-state index contributed by atoms with van der Waals surface area (Å²) in [5.41, 5.74) is 0.524. The molecular weight excluding hydrogens is 431 g/mol. The van der Waals surface area contributed by atoms with Crippen molar-refractivity contribution in [3.05, 3.63) is 50.9 Å². The SMILES string of the molecule is CCOC(=O)c1ccc(Cl)nc1Cl.CCOC(=O)c1ccc(Cl)nc1OCC. The van der Waals surface area contributed by atoms with Crippen LogP contribution >= 0.6 is 34.8 Å². The summed E-state index contributed by atoms with van der Waals surface area (Å²) in [6, 6.07) is 6.03. The molecule has 0 aromatic carbocycles. The van der Waals surface area contributed by atoms with Crippen molar-refractivity contribution in [2.45, 2.75) is 20.8 Å². The van der Waals surface area contributed by atoms with Crippen LogP contribution in [0.25, 0.3) is 0 Å². The number of hydrogen-bond acceptors (Lipinski definition) is 7. The van der Waals surface area contributed by atoms with E-state index in [0.29, 0.717) is 25.4 Å². The van der Waals surface area contributed by atoms with Crippen LogP contribution in [0.4, 0.5) is 0 Å². The average Bonchev–Trinajstić information content (AvgIpc) is 2.63. The lowest BCUT2D eigenvalue weighted by Crippen LogP contribution is -2.09. The first-order valence-corrected chi connectivity index (χ1v) is 9.42. The third-order valence-electron chi connectivity index (χ3n) is 2.91. The highest BCUT2D eigenvalue weighted by Crippen LogP contribution is 2.20. The fourth-order valence-corrected chi connectivity index (χ4v) is 2.36. The van der Waals surface area contributed by atoms with Gasteiger partial charge in [0.15, 0.2) is 0 Å². The Morgan fingerprint density at radius 1 is 0.786 bits per heavy atom. The standard InChI is InChI=1S/C10H12ClNO3.C8H7Cl2NO2/c1-3-14-9-7(10(13)15-4-2)5-6-8(11)12-9;1-2-13-8(12)5-3-4-6(9)11-7(5)10/h5-6H,3-4H2,1-2H3;3-4H,2H2,1H3. The fraction of sp³-hybridized carbons (Fsp3) is 0.333.